The molecule has 0 fully saturated rings. The van der Waals surface area contributed by atoms with E-state index in [0.717, 1.165) is 11.8 Å². The fourth-order valence-electron chi connectivity index (χ4n) is 2.13. The fraction of sp³-hybridized carbons (Fsp3) is 0.333. The van der Waals surface area contributed by atoms with Crippen molar-refractivity contribution < 1.29 is 13.9 Å². The minimum atomic E-state index is -0.600. The Morgan fingerprint density at radius 3 is 2.78 bits per heavy atom. The molecular formula is C15H18ClFN4O2. The van der Waals surface area contributed by atoms with Gasteiger partial charge in [-0.05, 0) is 32.0 Å². The molecule has 1 aromatic carbocycles. The number of carbonyl (C=O) groups excluding carboxylic acids is 1. The topological polar surface area (TPSA) is 68.2 Å². The Balaban J connectivity index is 2.09. The number of amides is 2. The molecule has 1 aromatic heterocycles. The number of nitrogens with zero attached hydrogens (tertiary/aromatic N) is 2. The van der Waals surface area contributed by atoms with Crippen LogP contribution in [0.3, 0.4) is 0 Å². The molecule has 0 unspecified atom stereocenters. The number of urea groups is 1. The number of halogens is 2. The molecule has 124 valence electrons. The van der Waals surface area contributed by atoms with Crippen LogP contribution in [-0.2, 0) is 11.3 Å². The van der Waals surface area contributed by atoms with E-state index < -0.39 is 11.8 Å². The number of aryl methyl sites for hydroxylation is 1. The average Bonchev–Trinajstić information content (AvgIpc) is 2.75. The first-order chi connectivity index (χ1) is 10.9. The molecular weight excluding hydrogens is 323 g/mol. The van der Waals surface area contributed by atoms with E-state index in [9.17, 15) is 9.18 Å². The predicted octanol–water partition coefficient (Wildman–Crippen LogP) is 3.58. The number of hydrogen-bond acceptors (Lipinski definition) is 3. The first-order valence-electron chi connectivity index (χ1n) is 6.98. The van der Waals surface area contributed by atoms with Gasteiger partial charge in [0, 0.05) is 12.1 Å². The van der Waals surface area contributed by atoms with E-state index in [2.05, 4.69) is 15.7 Å². The van der Waals surface area contributed by atoms with E-state index in [1.807, 2.05) is 6.92 Å². The molecule has 0 aliphatic heterocycles. The van der Waals surface area contributed by atoms with Crippen LogP contribution < -0.4 is 10.6 Å². The third kappa shape index (κ3) is 4.20. The SMILES string of the molecule is COCCn1nc(C)c(NC(=O)Nc2ccc(Cl)cc2F)c1C. The van der Waals surface area contributed by atoms with Crippen LogP contribution in [-0.4, -0.2) is 29.5 Å². The first-order valence-corrected chi connectivity index (χ1v) is 7.36. The Morgan fingerprint density at radius 2 is 2.13 bits per heavy atom. The highest BCUT2D eigenvalue weighted by atomic mass is 35.5. The molecule has 8 heteroatoms. The van der Waals surface area contributed by atoms with E-state index in [4.69, 9.17) is 16.3 Å². The van der Waals surface area contributed by atoms with Gasteiger partial charge >= 0.3 is 6.03 Å². The number of anilines is 2. The molecule has 2 rings (SSSR count). The van der Waals surface area contributed by atoms with Gasteiger partial charge < -0.3 is 15.4 Å². The van der Waals surface area contributed by atoms with Crippen molar-refractivity contribution in [1.29, 1.82) is 0 Å². The van der Waals surface area contributed by atoms with Crippen LogP contribution in [0, 0.1) is 19.7 Å². The maximum absolute atomic E-state index is 13.7. The van der Waals surface area contributed by atoms with Gasteiger partial charge in [0.1, 0.15) is 5.82 Å². The monoisotopic (exact) mass is 340 g/mol. The molecule has 2 amide bonds. The maximum atomic E-state index is 13.7. The first kappa shape index (κ1) is 17.2. The van der Waals surface area contributed by atoms with Crippen molar-refractivity contribution in [2.75, 3.05) is 24.4 Å². The Bertz CT molecular complexity index is 718. The van der Waals surface area contributed by atoms with Crippen LogP contribution in [0.25, 0.3) is 0 Å². The van der Waals surface area contributed by atoms with Gasteiger partial charge in [-0.15, -0.1) is 0 Å². The lowest BCUT2D eigenvalue weighted by molar-refractivity contribution is 0.182. The standard InChI is InChI=1S/C15H18ClFN4O2/c1-9-14(10(2)21(20-9)6-7-23-3)19-15(22)18-13-5-4-11(16)8-12(13)17/h4-5,8H,6-7H2,1-3H3,(H2,18,19,22). The number of rotatable bonds is 5. The lowest BCUT2D eigenvalue weighted by atomic mass is 10.3. The van der Waals surface area contributed by atoms with Gasteiger partial charge in [-0.25, -0.2) is 9.18 Å². The Labute approximate surface area is 138 Å². The predicted molar refractivity (Wildman–Crippen MR) is 87.6 cm³/mol. The molecule has 0 radical (unpaired) electrons. The maximum Gasteiger partial charge on any atom is 0.323 e. The zero-order chi connectivity index (χ0) is 17.0. The van der Waals surface area contributed by atoms with E-state index in [-0.39, 0.29) is 10.7 Å². The lowest BCUT2D eigenvalue weighted by Crippen LogP contribution is -2.21. The minimum Gasteiger partial charge on any atom is -0.383 e. The fourth-order valence-corrected chi connectivity index (χ4v) is 2.29. The largest absolute Gasteiger partial charge is 0.383 e. The third-order valence-corrected chi connectivity index (χ3v) is 3.54. The third-order valence-electron chi connectivity index (χ3n) is 3.31. The van der Waals surface area contributed by atoms with Crippen LogP contribution in [0.4, 0.5) is 20.6 Å². The zero-order valence-corrected chi connectivity index (χ0v) is 13.9. The van der Waals surface area contributed by atoms with Gasteiger partial charge in [-0.1, -0.05) is 11.6 Å². The summed E-state index contributed by atoms with van der Waals surface area (Å²) in [6.07, 6.45) is 0. The molecule has 2 aromatic rings. The molecule has 0 atom stereocenters. The summed E-state index contributed by atoms with van der Waals surface area (Å²) < 4.78 is 20.5. The second-order valence-corrected chi connectivity index (χ2v) is 5.40. The van der Waals surface area contributed by atoms with E-state index in [1.165, 1.54) is 12.1 Å². The molecule has 23 heavy (non-hydrogen) atoms. The molecule has 0 bridgehead atoms. The van der Waals surface area contributed by atoms with E-state index >= 15 is 0 Å². The smallest absolute Gasteiger partial charge is 0.323 e. The molecule has 2 N–H and O–H groups in total. The van der Waals surface area contributed by atoms with Crippen molar-refractivity contribution in [2.45, 2.75) is 20.4 Å². The number of ether oxygens (including phenoxy) is 1. The van der Waals surface area contributed by atoms with Crippen molar-refractivity contribution >= 4 is 29.0 Å². The minimum absolute atomic E-state index is 0.0500. The van der Waals surface area contributed by atoms with Crippen molar-refractivity contribution in [2.24, 2.45) is 0 Å². The van der Waals surface area contributed by atoms with Crippen molar-refractivity contribution in [3.8, 4) is 0 Å². The Kier molecular flexibility index (Phi) is 5.57. The zero-order valence-electron chi connectivity index (χ0n) is 13.1. The number of benzene rings is 1. The lowest BCUT2D eigenvalue weighted by Gasteiger charge is -2.09. The number of methoxy groups -OCH3 is 1. The molecule has 0 aliphatic carbocycles. The summed E-state index contributed by atoms with van der Waals surface area (Å²) in [5.74, 6) is -0.600. The summed E-state index contributed by atoms with van der Waals surface area (Å²) in [7, 11) is 1.61. The normalized spacial score (nSPS) is 10.7. The Hall–Kier alpha value is -2.12. The Morgan fingerprint density at radius 1 is 1.39 bits per heavy atom. The molecule has 0 aliphatic rings. The second-order valence-electron chi connectivity index (χ2n) is 4.97. The van der Waals surface area contributed by atoms with Gasteiger partial charge in [0.25, 0.3) is 0 Å². The van der Waals surface area contributed by atoms with Crippen molar-refractivity contribution in [3.05, 3.63) is 40.4 Å². The van der Waals surface area contributed by atoms with Gasteiger partial charge in [0.2, 0.25) is 0 Å². The number of aromatic nitrogens is 2. The van der Waals surface area contributed by atoms with Crippen molar-refractivity contribution in [3.63, 3.8) is 0 Å². The van der Waals surface area contributed by atoms with Crippen LogP contribution in [0.15, 0.2) is 18.2 Å². The highest BCUT2D eigenvalue weighted by Crippen LogP contribution is 2.21. The van der Waals surface area contributed by atoms with Crippen molar-refractivity contribution in [1.82, 2.24) is 9.78 Å². The van der Waals surface area contributed by atoms with Gasteiger partial charge in [0.05, 0.1) is 35.9 Å². The number of nitrogens with one attached hydrogen (secondary N) is 2. The molecule has 0 saturated carbocycles. The molecule has 0 spiro atoms. The highest BCUT2D eigenvalue weighted by Gasteiger charge is 2.15. The number of hydrogen-bond donors (Lipinski definition) is 2. The second kappa shape index (κ2) is 7.43. The summed E-state index contributed by atoms with van der Waals surface area (Å²) in [6.45, 7) is 4.73. The van der Waals surface area contributed by atoms with Gasteiger partial charge in [-0.2, -0.15) is 5.10 Å². The van der Waals surface area contributed by atoms with Crippen LogP contribution in [0.5, 0.6) is 0 Å². The average molecular weight is 341 g/mol. The summed E-state index contributed by atoms with van der Waals surface area (Å²) in [6, 6.07) is 3.48. The summed E-state index contributed by atoms with van der Waals surface area (Å²) in [5, 5.41) is 9.74. The van der Waals surface area contributed by atoms with Gasteiger partial charge in [-0.3, -0.25) is 4.68 Å². The van der Waals surface area contributed by atoms with E-state index in [1.54, 1.807) is 18.7 Å². The summed E-state index contributed by atoms with van der Waals surface area (Å²) >= 11 is 5.68. The summed E-state index contributed by atoms with van der Waals surface area (Å²) in [5.41, 5.74) is 2.11. The highest BCUT2D eigenvalue weighted by molar-refractivity contribution is 6.30. The van der Waals surface area contributed by atoms with E-state index in [0.29, 0.717) is 24.5 Å². The summed E-state index contributed by atoms with van der Waals surface area (Å²) in [4.78, 5) is 12.1. The number of carbonyl (C=O) groups is 1. The molecule has 1 heterocycles. The quantitative estimate of drug-likeness (QED) is 0.874. The van der Waals surface area contributed by atoms with Crippen LogP contribution in [0.2, 0.25) is 5.02 Å². The molecule has 0 saturated heterocycles. The molecule has 6 nitrogen and oxygen atoms in total. The van der Waals surface area contributed by atoms with Crippen LogP contribution >= 0.6 is 11.6 Å². The van der Waals surface area contributed by atoms with Gasteiger partial charge in [0.15, 0.2) is 0 Å². The van der Waals surface area contributed by atoms with Crippen LogP contribution in [0.1, 0.15) is 11.4 Å².